The molecule has 0 aliphatic carbocycles. The molecule has 5 N–H and O–H groups in total. The molecule has 0 aliphatic heterocycles. The van der Waals surface area contributed by atoms with Crippen molar-refractivity contribution in [2.45, 2.75) is 12.5 Å². The van der Waals surface area contributed by atoms with Crippen LogP contribution in [-0.2, 0) is 6.42 Å². The van der Waals surface area contributed by atoms with Crippen LogP contribution in [0.2, 0.25) is 0 Å². The molecule has 0 heterocycles. The second kappa shape index (κ2) is 6.52. The normalized spacial score (nSPS) is 12.8. The van der Waals surface area contributed by atoms with E-state index in [0.29, 0.717) is 26.1 Å². The first kappa shape index (κ1) is 13.0. The zero-order valence-corrected chi connectivity index (χ0v) is 9.05. The summed E-state index contributed by atoms with van der Waals surface area (Å²) in [6.07, 6.45) is 0.633. The first-order chi connectivity index (χ1) is 7.63. The van der Waals surface area contributed by atoms with Crippen molar-refractivity contribution in [3.05, 3.63) is 35.4 Å². The fraction of sp³-hybridized carbons (Fsp3) is 0.455. The Balaban J connectivity index is 2.29. The Bertz CT molecular complexity index is 331. The zero-order valence-electron chi connectivity index (χ0n) is 9.05. The molecular weight excluding hydrogens is 212 g/mol. The molecule has 1 atom stereocenters. The molecule has 3 nitrogen and oxygen atoms in total. The topological polar surface area (TPSA) is 64.1 Å². The Morgan fingerprint density at radius 3 is 2.62 bits per heavy atom. The Morgan fingerprint density at radius 1 is 1.25 bits per heavy atom. The van der Waals surface area contributed by atoms with Crippen molar-refractivity contribution in [3.8, 4) is 0 Å². The molecule has 90 valence electrons. The van der Waals surface area contributed by atoms with Crippen molar-refractivity contribution < 1.29 is 8.78 Å². The standard InChI is InChI=1S/C11H17F2N3/c12-10-2-1-8(5-11(10)13)3-4-16-7-9(15)6-14/h1-2,5,9,16H,3-4,6-7,14-15H2. The zero-order chi connectivity index (χ0) is 12.0. The van der Waals surface area contributed by atoms with Gasteiger partial charge in [0.15, 0.2) is 11.6 Å². The van der Waals surface area contributed by atoms with Gasteiger partial charge in [-0.25, -0.2) is 8.78 Å². The Labute approximate surface area is 93.8 Å². The monoisotopic (exact) mass is 229 g/mol. The van der Waals surface area contributed by atoms with E-state index in [4.69, 9.17) is 11.5 Å². The van der Waals surface area contributed by atoms with Crippen LogP contribution in [0.15, 0.2) is 18.2 Å². The fourth-order valence-corrected chi connectivity index (χ4v) is 1.30. The molecule has 1 rings (SSSR count). The van der Waals surface area contributed by atoms with Gasteiger partial charge in [0, 0.05) is 19.1 Å². The average Bonchev–Trinajstić information content (AvgIpc) is 2.28. The molecule has 0 fully saturated rings. The first-order valence-corrected chi connectivity index (χ1v) is 5.23. The van der Waals surface area contributed by atoms with Gasteiger partial charge in [0.05, 0.1) is 0 Å². The molecular formula is C11H17F2N3. The summed E-state index contributed by atoms with van der Waals surface area (Å²) in [6, 6.07) is 3.85. The lowest BCUT2D eigenvalue weighted by Gasteiger charge is -2.10. The summed E-state index contributed by atoms with van der Waals surface area (Å²) < 4.78 is 25.5. The SMILES string of the molecule is NCC(N)CNCCc1ccc(F)c(F)c1. The van der Waals surface area contributed by atoms with Crippen LogP contribution in [-0.4, -0.2) is 25.7 Å². The predicted molar refractivity (Wildman–Crippen MR) is 60.0 cm³/mol. The number of benzene rings is 1. The molecule has 1 aromatic rings. The number of rotatable bonds is 6. The second-order valence-corrected chi connectivity index (χ2v) is 3.70. The first-order valence-electron chi connectivity index (χ1n) is 5.23. The molecule has 0 radical (unpaired) electrons. The van der Waals surface area contributed by atoms with Gasteiger partial charge >= 0.3 is 0 Å². The molecule has 0 aromatic heterocycles. The van der Waals surface area contributed by atoms with Gasteiger partial charge in [0.25, 0.3) is 0 Å². The summed E-state index contributed by atoms with van der Waals surface area (Å²) in [6.45, 7) is 1.72. The molecule has 5 heteroatoms. The highest BCUT2D eigenvalue weighted by molar-refractivity contribution is 5.17. The average molecular weight is 229 g/mol. The highest BCUT2D eigenvalue weighted by Gasteiger charge is 2.02. The van der Waals surface area contributed by atoms with Gasteiger partial charge in [0.2, 0.25) is 0 Å². The van der Waals surface area contributed by atoms with Gasteiger partial charge in [-0.3, -0.25) is 0 Å². The predicted octanol–water partition coefficient (Wildman–Crippen LogP) is 0.383. The second-order valence-electron chi connectivity index (χ2n) is 3.70. The van der Waals surface area contributed by atoms with Crippen molar-refractivity contribution in [3.63, 3.8) is 0 Å². The van der Waals surface area contributed by atoms with Crippen LogP contribution in [0.25, 0.3) is 0 Å². The lowest BCUT2D eigenvalue weighted by molar-refractivity contribution is 0.506. The highest BCUT2D eigenvalue weighted by atomic mass is 19.2. The van der Waals surface area contributed by atoms with Gasteiger partial charge in [-0.05, 0) is 30.7 Å². The smallest absolute Gasteiger partial charge is 0.159 e. The highest BCUT2D eigenvalue weighted by Crippen LogP contribution is 2.08. The van der Waals surface area contributed by atoms with E-state index in [1.807, 2.05) is 0 Å². The van der Waals surface area contributed by atoms with Crippen LogP contribution >= 0.6 is 0 Å². The van der Waals surface area contributed by atoms with Crippen molar-refractivity contribution in [2.75, 3.05) is 19.6 Å². The van der Waals surface area contributed by atoms with E-state index in [0.717, 1.165) is 11.6 Å². The van der Waals surface area contributed by atoms with Crippen molar-refractivity contribution in [2.24, 2.45) is 11.5 Å². The van der Waals surface area contributed by atoms with E-state index in [-0.39, 0.29) is 6.04 Å². The van der Waals surface area contributed by atoms with Gasteiger partial charge in [0.1, 0.15) is 0 Å². The van der Waals surface area contributed by atoms with E-state index in [9.17, 15) is 8.78 Å². The molecule has 0 saturated heterocycles. The number of hydrogen-bond donors (Lipinski definition) is 3. The molecule has 0 saturated carbocycles. The molecule has 1 unspecified atom stereocenters. The van der Waals surface area contributed by atoms with Crippen LogP contribution in [0.5, 0.6) is 0 Å². The Hall–Kier alpha value is -1.04. The van der Waals surface area contributed by atoms with Crippen LogP contribution in [0, 0.1) is 11.6 Å². The number of nitrogens with one attached hydrogen (secondary N) is 1. The summed E-state index contributed by atoms with van der Waals surface area (Å²) in [5.41, 5.74) is 11.7. The summed E-state index contributed by atoms with van der Waals surface area (Å²) >= 11 is 0. The minimum atomic E-state index is -0.818. The maximum absolute atomic E-state index is 12.8. The summed E-state index contributed by atoms with van der Waals surface area (Å²) in [4.78, 5) is 0. The third-order valence-corrected chi connectivity index (χ3v) is 2.28. The van der Waals surface area contributed by atoms with Crippen LogP contribution in [0.4, 0.5) is 8.78 Å². The van der Waals surface area contributed by atoms with Crippen LogP contribution < -0.4 is 16.8 Å². The lowest BCUT2D eigenvalue weighted by atomic mass is 10.1. The molecule has 16 heavy (non-hydrogen) atoms. The largest absolute Gasteiger partial charge is 0.329 e. The van der Waals surface area contributed by atoms with Gasteiger partial charge in [-0.15, -0.1) is 0 Å². The number of nitrogens with two attached hydrogens (primary N) is 2. The van der Waals surface area contributed by atoms with Crippen molar-refractivity contribution in [1.82, 2.24) is 5.32 Å². The van der Waals surface area contributed by atoms with E-state index in [1.54, 1.807) is 6.07 Å². The number of halogens is 2. The summed E-state index contributed by atoms with van der Waals surface area (Å²) in [7, 11) is 0. The molecule has 0 amide bonds. The maximum atomic E-state index is 12.8. The van der Waals surface area contributed by atoms with Crippen LogP contribution in [0.1, 0.15) is 5.56 Å². The fourth-order valence-electron chi connectivity index (χ4n) is 1.30. The van der Waals surface area contributed by atoms with E-state index in [2.05, 4.69) is 5.32 Å². The van der Waals surface area contributed by atoms with E-state index >= 15 is 0 Å². The van der Waals surface area contributed by atoms with Gasteiger partial charge < -0.3 is 16.8 Å². The Morgan fingerprint density at radius 2 is 2.00 bits per heavy atom. The van der Waals surface area contributed by atoms with Crippen molar-refractivity contribution in [1.29, 1.82) is 0 Å². The maximum Gasteiger partial charge on any atom is 0.159 e. The summed E-state index contributed by atoms with van der Waals surface area (Å²) in [5, 5.41) is 3.10. The molecule has 0 spiro atoms. The third-order valence-electron chi connectivity index (χ3n) is 2.28. The lowest BCUT2D eigenvalue weighted by Crippen LogP contribution is -2.40. The van der Waals surface area contributed by atoms with E-state index < -0.39 is 11.6 Å². The Kier molecular flexibility index (Phi) is 5.31. The van der Waals surface area contributed by atoms with Gasteiger partial charge in [-0.1, -0.05) is 6.07 Å². The van der Waals surface area contributed by atoms with Gasteiger partial charge in [-0.2, -0.15) is 0 Å². The summed E-state index contributed by atoms with van der Waals surface area (Å²) in [5.74, 6) is -1.63. The number of hydrogen-bond acceptors (Lipinski definition) is 3. The van der Waals surface area contributed by atoms with Crippen LogP contribution in [0.3, 0.4) is 0 Å². The minimum absolute atomic E-state index is 0.0649. The molecule has 0 bridgehead atoms. The minimum Gasteiger partial charge on any atom is -0.329 e. The van der Waals surface area contributed by atoms with Crippen molar-refractivity contribution >= 4 is 0 Å². The molecule has 0 aliphatic rings. The quantitative estimate of drug-likeness (QED) is 0.618. The molecule has 1 aromatic carbocycles. The van der Waals surface area contributed by atoms with E-state index in [1.165, 1.54) is 6.07 Å². The third kappa shape index (κ3) is 4.22.